The zero-order valence-corrected chi connectivity index (χ0v) is 15.6. The summed E-state index contributed by atoms with van der Waals surface area (Å²) in [5.41, 5.74) is 3.08. The van der Waals surface area contributed by atoms with E-state index in [0.717, 1.165) is 23.2 Å². The molecule has 136 valence electrons. The van der Waals surface area contributed by atoms with Crippen molar-refractivity contribution in [3.63, 3.8) is 0 Å². The van der Waals surface area contributed by atoms with Crippen molar-refractivity contribution < 1.29 is 9.47 Å². The molecule has 0 spiro atoms. The van der Waals surface area contributed by atoms with E-state index < -0.39 is 0 Å². The second kappa shape index (κ2) is 11.4. The maximum absolute atomic E-state index is 8.07. The lowest BCUT2D eigenvalue weighted by atomic mass is 10.0. The molecule has 0 aliphatic carbocycles. The highest BCUT2D eigenvalue weighted by Crippen LogP contribution is 2.22. The summed E-state index contributed by atoms with van der Waals surface area (Å²) < 4.78 is 10.5. The maximum Gasteiger partial charge on any atom is 0.221 e. The average molecular weight is 351 g/mol. The molecule has 0 saturated carbocycles. The molecule has 0 unspecified atom stereocenters. The summed E-state index contributed by atoms with van der Waals surface area (Å²) in [7, 11) is 0. The van der Waals surface area contributed by atoms with E-state index in [4.69, 9.17) is 20.3 Å². The van der Waals surface area contributed by atoms with Gasteiger partial charge in [0, 0.05) is 11.8 Å². The number of ether oxygens (including phenoxy) is 2. The van der Waals surface area contributed by atoms with Crippen LogP contribution in [0.3, 0.4) is 0 Å². The Bertz CT molecular complexity index is 767. The van der Waals surface area contributed by atoms with E-state index in [-0.39, 0.29) is 5.90 Å². The number of benzene rings is 1. The van der Waals surface area contributed by atoms with Gasteiger partial charge in [-0.1, -0.05) is 30.4 Å². The molecule has 0 saturated heterocycles. The second-order valence-electron chi connectivity index (χ2n) is 5.20. The fourth-order valence-corrected chi connectivity index (χ4v) is 2.09. The van der Waals surface area contributed by atoms with Crippen molar-refractivity contribution in [2.45, 2.75) is 27.7 Å². The Hall–Kier alpha value is -3.21. The van der Waals surface area contributed by atoms with Gasteiger partial charge in [0.1, 0.15) is 12.0 Å². The Morgan fingerprint density at radius 1 is 1.12 bits per heavy atom. The molecule has 0 aliphatic heterocycles. The predicted molar refractivity (Wildman–Crippen MR) is 109 cm³/mol. The lowest BCUT2D eigenvalue weighted by Crippen LogP contribution is -2.05. The molecule has 0 aliphatic rings. The molecule has 5 nitrogen and oxygen atoms in total. The van der Waals surface area contributed by atoms with Gasteiger partial charge < -0.3 is 9.47 Å². The molecule has 0 amide bonds. The van der Waals surface area contributed by atoms with E-state index >= 15 is 0 Å². The molecule has 0 radical (unpaired) electrons. The van der Waals surface area contributed by atoms with Crippen molar-refractivity contribution in [3.8, 4) is 5.75 Å². The monoisotopic (exact) mass is 351 g/mol. The van der Waals surface area contributed by atoms with Gasteiger partial charge in [-0.15, -0.1) is 0 Å². The Labute approximate surface area is 155 Å². The molecular weight excluding hydrogens is 326 g/mol. The highest BCUT2D eigenvalue weighted by molar-refractivity contribution is 6.20. The minimum atomic E-state index is -0.0921. The molecule has 1 aromatic rings. The normalized spacial score (nSPS) is 13.3. The van der Waals surface area contributed by atoms with E-state index in [1.807, 2.05) is 76.3 Å². The third-order valence-corrected chi connectivity index (χ3v) is 3.29. The molecule has 0 fully saturated rings. The molecule has 0 atom stereocenters. The highest BCUT2D eigenvalue weighted by atomic mass is 16.5. The summed E-state index contributed by atoms with van der Waals surface area (Å²) in [5.74, 6) is 0.573. The minimum absolute atomic E-state index is 0.0921. The van der Waals surface area contributed by atoms with Gasteiger partial charge in [-0.05, 0) is 57.0 Å². The first-order valence-electron chi connectivity index (χ1n) is 8.23. The fourth-order valence-electron chi connectivity index (χ4n) is 2.09. The van der Waals surface area contributed by atoms with Gasteiger partial charge >= 0.3 is 0 Å². The van der Waals surface area contributed by atoms with Gasteiger partial charge in [-0.2, -0.15) is 0 Å². The number of hydrogen-bond donors (Lipinski definition) is 2. The van der Waals surface area contributed by atoms with Crippen molar-refractivity contribution in [1.29, 1.82) is 10.8 Å². The Kier molecular flexibility index (Phi) is 9.10. The van der Waals surface area contributed by atoms with Crippen molar-refractivity contribution in [3.05, 3.63) is 71.7 Å². The molecule has 1 rings (SSSR count). The first kappa shape index (κ1) is 20.8. The molecule has 26 heavy (non-hydrogen) atoms. The van der Waals surface area contributed by atoms with E-state index in [1.165, 1.54) is 0 Å². The summed E-state index contributed by atoms with van der Waals surface area (Å²) >= 11 is 0. The van der Waals surface area contributed by atoms with Crippen LogP contribution < -0.4 is 4.74 Å². The van der Waals surface area contributed by atoms with Gasteiger partial charge in [0.25, 0.3) is 0 Å². The molecular formula is C21H25N3O2. The van der Waals surface area contributed by atoms with Crippen LogP contribution in [0, 0.1) is 10.8 Å². The van der Waals surface area contributed by atoms with Gasteiger partial charge in [-0.25, -0.2) is 0 Å². The number of aliphatic imine (C=N–C) groups is 1. The van der Waals surface area contributed by atoms with Crippen molar-refractivity contribution in [2.75, 3.05) is 0 Å². The van der Waals surface area contributed by atoms with Crippen LogP contribution in [0.15, 0.2) is 71.1 Å². The van der Waals surface area contributed by atoms with Crippen molar-refractivity contribution in [1.82, 2.24) is 0 Å². The van der Waals surface area contributed by atoms with Crippen LogP contribution >= 0.6 is 0 Å². The first-order valence-corrected chi connectivity index (χ1v) is 8.23. The zero-order chi connectivity index (χ0) is 19.4. The second-order valence-corrected chi connectivity index (χ2v) is 5.20. The highest BCUT2D eigenvalue weighted by Gasteiger charge is 2.10. The fraction of sp³-hybridized carbons (Fsp3) is 0.190. The Morgan fingerprint density at radius 3 is 2.35 bits per heavy atom. The van der Waals surface area contributed by atoms with E-state index in [0.29, 0.717) is 11.3 Å². The van der Waals surface area contributed by atoms with E-state index in [2.05, 4.69) is 4.99 Å². The average Bonchev–Trinajstić information content (AvgIpc) is 2.64. The van der Waals surface area contributed by atoms with Gasteiger partial charge in [0.05, 0.1) is 5.70 Å². The first-order chi connectivity index (χ1) is 12.5. The van der Waals surface area contributed by atoms with Gasteiger partial charge in [0.2, 0.25) is 5.90 Å². The number of nitrogens with zero attached hydrogens (tertiary/aromatic N) is 1. The molecule has 0 heterocycles. The molecule has 0 aromatic heterocycles. The SMILES string of the molecule is CC=CC(=CC)C=C(C(=N)OC=N)c1ccc(O/C=C(\C)N=CC)cc1. The standard InChI is InChI=1S/C21H25N3O2/c1-5-8-17(6-2)13-20(21(23)26-15-22)18-9-11-19(12-10-18)25-14-16(4)24-7-3/h5-15,22-23H,1-4H3/b8-5?,16-14+,17-6?,20-13?,22-15?,23-21?,24-7?. The quantitative estimate of drug-likeness (QED) is 0.280. The van der Waals surface area contributed by atoms with Crippen LogP contribution in [0.5, 0.6) is 5.75 Å². The summed E-state index contributed by atoms with van der Waals surface area (Å²) in [6.07, 6.45) is 11.7. The maximum atomic E-state index is 8.07. The third kappa shape index (κ3) is 6.73. The Balaban J connectivity index is 3.15. The predicted octanol–water partition coefficient (Wildman–Crippen LogP) is 5.52. The topological polar surface area (TPSA) is 78.5 Å². The van der Waals surface area contributed by atoms with Crippen LogP contribution in [0.1, 0.15) is 33.3 Å². The van der Waals surface area contributed by atoms with Gasteiger partial charge in [-0.3, -0.25) is 15.8 Å². The molecule has 2 N–H and O–H groups in total. The molecule has 0 bridgehead atoms. The number of nitrogens with one attached hydrogen (secondary N) is 2. The summed E-state index contributed by atoms with van der Waals surface area (Å²) in [4.78, 5) is 4.11. The molecule has 1 aromatic carbocycles. The lowest BCUT2D eigenvalue weighted by Gasteiger charge is -2.10. The minimum Gasteiger partial charge on any atom is -0.463 e. The summed E-state index contributed by atoms with van der Waals surface area (Å²) in [6.45, 7) is 7.55. The van der Waals surface area contributed by atoms with Crippen molar-refractivity contribution in [2.24, 2.45) is 4.99 Å². The van der Waals surface area contributed by atoms with Crippen LogP contribution in [0.2, 0.25) is 0 Å². The third-order valence-electron chi connectivity index (χ3n) is 3.29. The number of hydrogen-bond acceptors (Lipinski definition) is 5. The largest absolute Gasteiger partial charge is 0.463 e. The van der Waals surface area contributed by atoms with Gasteiger partial charge in [0.15, 0.2) is 6.40 Å². The van der Waals surface area contributed by atoms with Crippen LogP contribution in [-0.2, 0) is 4.74 Å². The Morgan fingerprint density at radius 2 is 1.81 bits per heavy atom. The smallest absolute Gasteiger partial charge is 0.221 e. The number of rotatable bonds is 8. The van der Waals surface area contributed by atoms with E-state index in [1.54, 1.807) is 12.5 Å². The van der Waals surface area contributed by atoms with Crippen LogP contribution in [-0.4, -0.2) is 18.5 Å². The zero-order valence-electron chi connectivity index (χ0n) is 15.6. The van der Waals surface area contributed by atoms with Crippen molar-refractivity contribution >= 4 is 24.1 Å². The summed E-state index contributed by atoms with van der Waals surface area (Å²) in [6, 6.07) is 7.31. The lowest BCUT2D eigenvalue weighted by molar-refractivity contribution is 0.475. The number of allylic oxidation sites excluding steroid dienone is 6. The summed E-state index contributed by atoms with van der Waals surface area (Å²) in [5, 5.41) is 15.2. The molecule has 5 heteroatoms. The van der Waals surface area contributed by atoms with Crippen LogP contribution in [0.25, 0.3) is 5.57 Å². The van der Waals surface area contributed by atoms with E-state index in [9.17, 15) is 0 Å². The van der Waals surface area contributed by atoms with Crippen LogP contribution in [0.4, 0.5) is 0 Å².